The highest BCUT2D eigenvalue weighted by molar-refractivity contribution is 5.18. The average molecular weight is 334 g/mol. The van der Waals surface area contributed by atoms with E-state index in [4.69, 9.17) is 0 Å². The summed E-state index contributed by atoms with van der Waals surface area (Å²) in [7, 11) is 0. The molecule has 0 unspecified atom stereocenters. The van der Waals surface area contributed by atoms with Gasteiger partial charge in [-0.15, -0.1) is 0 Å². The topological polar surface area (TPSA) is 6.48 Å². The van der Waals surface area contributed by atoms with E-state index in [2.05, 4.69) is 9.80 Å². The number of hydrogen-bond donors (Lipinski definition) is 0. The fourth-order valence-corrected chi connectivity index (χ4v) is 5.31. The van der Waals surface area contributed by atoms with Gasteiger partial charge in [-0.25, -0.2) is 8.78 Å². The predicted octanol–water partition coefficient (Wildman–Crippen LogP) is 4.19. The van der Waals surface area contributed by atoms with E-state index in [1.54, 1.807) is 6.07 Å². The molecular formula is C20H28F2N2. The van der Waals surface area contributed by atoms with Gasteiger partial charge in [0.2, 0.25) is 0 Å². The second-order valence-corrected chi connectivity index (χ2v) is 7.85. The van der Waals surface area contributed by atoms with Crippen LogP contribution in [0.15, 0.2) is 18.2 Å². The molecule has 0 spiro atoms. The summed E-state index contributed by atoms with van der Waals surface area (Å²) in [4.78, 5) is 5.26. The molecule has 2 saturated heterocycles. The van der Waals surface area contributed by atoms with Crippen molar-refractivity contribution in [2.24, 2.45) is 5.92 Å². The Balaban J connectivity index is 1.55. The van der Waals surface area contributed by atoms with Crippen molar-refractivity contribution in [2.45, 2.75) is 63.6 Å². The highest BCUT2D eigenvalue weighted by Crippen LogP contribution is 2.38. The number of rotatable bonds is 3. The number of halogens is 2. The first kappa shape index (κ1) is 16.5. The smallest absolute Gasteiger partial charge is 0.159 e. The first-order chi connectivity index (χ1) is 11.7. The highest BCUT2D eigenvalue weighted by Gasteiger charge is 2.42. The lowest BCUT2D eigenvalue weighted by atomic mass is 9.78. The summed E-state index contributed by atoms with van der Waals surface area (Å²) in [6, 6.07) is 5.67. The molecule has 0 N–H and O–H groups in total. The Bertz CT molecular complexity index is 571. The first-order valence-corrected chi connectivity index (χ1v) is 9.64. The molecule has 3 fully saturated rings. The fraction of sp³-hybridized carbons (Fsp3) is 0.700. The van der Waals surface area contributed by atoms with Crippen LogP contribution in [0.4, 0.5) is 8.78 Å². The van der Waals surface area contributed by atoms with Crippen molar-refractivity contribution in [1.29, 1.82) is 0 Å². The van der Waals surface area contributed by atoms with Gasteiger partial charge in [-0.3, -0.25) is 9.80 Å². The minimum Gasteiger partial charge on any atom is -0.298 e. The van der Waals surface area contributed by atoms with Crippen LogP contribution < -0.4 is 0 Å². The number of hydrogen-bond acceptors (Lipinski definition) is 2. The molecule has 1 aromatic carbocycles. The van der Waals surface area contributed by atoms with Crippen LogP contribution in [0.5, 0.6) is 0 Å². The lowest BCUT2D eigenvalue weighted by Crippen LogP contribution is -2.59. The number of benzene rings is 1. The van der Waals surface area contributed by atoms with E-state index in [0.29, 0.717) is 12.1 Å². The summed E-state index contributed by atoms with van der Waals surface area (Å²) < 4.78 is 26.8. The molecule has 0 aromatic heterocycles. The molecule has 0 bridgehead atoms. The Morgan fingerprint density at radius 1 is 0.875 bits per heavy atom. The Labute approximate surface area is 143 Å². The molecule has 2 heterocycles. The quantitative estimate of drug-likeness (QED) is 0.818. The van der Waals surface area contributed by atoms with E-state index in [1.165, 1.54) is 63.6 Å². The summed E-state index contributed by atoms with van der Waals surface area (Å²) in [5, 5.41) is 0. The van der Waals surface area contributed by atoms with Gasteiger partial charge in [-0.05, 0) is 55.8 Å². The van der Waals surface area contributed by atoms with Gasteiger partial charge in [0.05, 0.1) is 0 Å². The summed E-state index contributed by atoms with van der Waals surface area (Å²) >= 11 is 0. The summed E-state index contributed by atoms with van der Waals surface area (Å²) in [5.41, 5.74) is 0.904. The SMILES string of the molecule is Fc1ccc(CN2CCN3CCC[C@@H]3[C@@H]2C2CCCCC2)cc1F. The number of nitrogens with zero attached hydrogens (tertiary/aromatic N) is 2. The third kappa shape index (κ3) is 3.23. The van der Waals surface area contributed by atoms with Crippen molar-refractivity contribution in [2.75, 3.05) is 19.6 Å². The molecule has 24 heavy (non-hydrogen) atoms. The predicted molar refractivity (Wildman–Crippen MR) is 91.7 cm³/mol. The summed E-state index contributed by atoms with van der Waals surface area (Å²) in [6.45, 7) is 4.17. The molecule has 132 valence electrons. The van der Waals surface area contributed by atoms with Gasteiger partial charge in [0.15, 0.2) is 11.6 Å². The zero-order chi connectivity index (χ0) is 16.5. The van der Waals surface area contributed by atoms with Gasteiger partial charge in [0.1, 0.15) is 0 Å². The number of fused-ring (bicyclic) bond motifs is 1. The first-order valence-electron chi connectivity index (χ1n) is 9.64. The van der Waals surface area contributed by atoms with Crippen molar-refractivity contribution < 1.29 is 8.78 Å². The van der Waals surface area contributed by atoms with Crippen LogP contribution in [0.2, 0.25) is 0 Å². The summed E-state index contributed by atoms with van der Waals surface area (Å²) in [5.74, 6) is -0.695. The van der Waals surface area contributed by atoms with E-state index in [1.807, 2.05) is 0 Å². The minimum absolute atomic E-state index is 0.592. The Kier molecular flexibility index (Phi) is 4.86. The molecule has 2 nitrogen and oxygen atoms in total. The zero-order valence-corrected chi connectivity index (χ0v) is 14.4. The Morgan fingerprint density at radius 3 is 2.50 bits per heavy atom. The van der Waals surface area contributed by atoms with E-state index < -0.39 is 11.6 Å². The molecule has 1 aliphatic carbocycles. The maximum Gasteiger partial charge on any atom is 0.159 e. The maximum absolute atomic E-state index is 13.6. The van der Waals surface area contributed by atoms with Crippen molar-refractivity contribution in [3.05, 3.63) is 35.4 Å². The summed E-state index contributed by atoms with van der Waals surface area (Å²) in [6.07, 6.45) is 9.37. The lowest BCUT2D eigenvalue weighted by molar-refractivity contribution is -0.00385. The monoisotopic (exact) mass is 334 g/mol. The second-order valence-electron chi connectivity index (χ2n) is 7.85. The molecule has 3 aliphatic rings. The van der Waals surface area contributed by atoms with Crippen molar-refractivity contribution in [3.8, 4) is 0 Å². The van der Waals surface area contributed by atoms with E-state index >= 15 is 0 Å². The van der Waals surface area contributed by atoms with Crippen LogP contribution in [-0.2, 0) is 6.54 Å². The van der Waals surface area contributed by atoms with Crippen molar-refractivity contribution in [3.63, 3.8) is 0 Å². The standard InChI is InChI=1S/C20H28F2N2/c21-17-9-8-15(13-18(17)22)14-24-12-11-23-10-4-7-19(23)20(24)16-5-2-1-3-6-16/h8-9,13,16,19-20H,1-7,10-12,14H2/t19-,20+/m1/s1. The minimum atomic E-state index is -0.747. The van der Waals surface area contributed by atoms with E-state index in [0.717, 1.165) is 31.1 Å². The third-order valence-electron chi connectivity index (χ3n) is 6.41. The van der Waals surface area contributed by atoms with Crippen LogP contribution in [0.1, 0.15) is 50.5 Å². The zero-order valence-electron chi connectivity index (χ0n) is 14.4. The van der Waals surface area contributed by atoms with E-state index in [9.17, 15) is 8.78 Å². The molecule has 0 radical (unpaired) electrons. The third-order valence-corrected chi connectivity index (χ3v) is 6.41. The second kappa shape index (κ2) is 7.09. The van der Waals surface area contributed by atoms with Crippen molar-refractivity contribution >= 4 is 0 Å². The molecule has 0 amide bonds. The van der Waals surface area contributed by atoms with Gasteiger partial charge in [-0.2, -0.15) is 0 Å². The van der Waals surface area contributed by atoms with Crippen LogP contribution in [0.25, 0.3) is 0 Å². The molecule has 2 aliphatic heterocycles. The largest absolute Gasteiger partial charge is 0.298 e. The number of piperazine rings is 1. The van der Waals surface area contributed by atoms with Gasteiger partial charge < -0.3 is 0 Å². The highest BCUT2D eigenvalue weighted by atomic mass is 19.2. The van der Waals surface area contributed by atoms with Crippen LogP contribution >= 0.6 is 0 Å². The Morgan fingerprint density at radius 2 is 1.71 bits per heavy atom. The van der Waals surface area contributed by atoms with Crippen LogP contribution in [0.3, 0.4) is 0 Å². The van der Waals surface area contributed by atoms with Gasteiger partial charge in [-0.1, -0.05) is 25.3 Å². The molecule has 2 atom stereocenters. The molecule has 1 aromatic rings. The molecule has 4 heteroatoms. The van der Waals surface area contributed by atoms with Crippen LogP contribution in [-0.4, -0.2) is 41.5 Å². The molecule has 4 rings (SSSR count). The van der Waals surface area contributed by atoms with Gasteiger partial charge in [0.25, 0.3) is 0 Å². The lowest BCUT2D eigenvalue weighted by Gasteiger charge is -2.49. The average Bonchev–Trinajstić information content (AvgIpc) is 3.07. The fourth-order valence-electron chi connectivity index (χ4n) is 5.31. The van der Waals surface area contributed by atoms with Gasteiger partial charge in [0, 0.05) is 31.7 Å². The van der Waals surface area contributed by atoms with E-state index in [-0.39, 0.29) is 0 Å². The Hall–Kier alpha value is -1.00. The maximum atomic E-state index is 13.6. The van der Waals surface area contributed by atoms with Crippen molar-refractivity contribution in [1.82, 2.24) is 9.80 Å². The molecular weight excluding hydrogens is 306 g/mol. The molecule has 1 saturated carbocycles. The van der Waals surface area contributed by atoms with Gasteiger partial charge >= 0.3 is 0 Å². The normalized spacial score (nSPS) is 29.8. The van der Waals surface area contributed by atoms with Crippen LogP contribution in [0, 0.1) is 17.6 Å².